The number of halogens is 2. The predicted octanol–water partition coefficient (Wildman–Crippen LogP) is 5.05. The molecular weight excluding hydrogens is 568 g/mol. The van der Waals surface area contributed by atoms with Crippen LogP contribution in [0.1, 0.15) is 37.7 Å². The van der Waals surface area contributed by atoms with E-state index in [-0.39, 0.29) is 56.3 Å². The number of aromatic nitrogens is 3. The lowest BCUT2D eigenvalue weighted by Gasteiger charge is -2.31. The quantitative estimate of drug-likeness (QED) is 0.305. The van der Waals surface area contributed by atoms with Crippen molar-refractivity contribution < 1.29 is 28.1 Å². The summed E-state index contributed by atoms with van der Waals surface area (Å²) < 4.78 is 49.5. The molecule has 9 nitrogen and oxygen atoms in total. The number of anilines is 1. The van der Waals surface area contributed by atoms with Crippen LogP contribution in [0, 0.1) is 24.0 Å². The van der Waals surface area contributed by atoms with E-state index in [4.69, 9.17) is 25.6 Å². The Balaban J connectivity index is 1.44. The molecule has 3 aliphatic heterocycles. The van der Waals surface area contributed by atoms with Crippen LogP contribution in [-0.2, 0) is 4.74 Å². The number of hydrogen-bond acceptors (Lipinski definition) is 9. The number of phenolic OH excluding ortho intramolecular Hbond substituents is 1. The lowest BCUT2D eigenvalue weighted by molar-refractivity contribution is 0.108. The molecule has 44 heavy (non-hydrogen) atoms. The third-order valence-corrected chi connectivity index (χ3v) is 9.16. The first-order valence-electron chi connectivity index (χ1n) is 15.0. The molecule has 3 fully saturated rings. The molecule has 0 radical (unpaired) electrons. The number of hydrogen-bond donors (Lipinski definition) is 1. The third kappa shape index (κ3) is 4.73. The van der Waals surface area contributed by atoms with Crippen molar-refractivity contribution in [3.05, 3.63) is 41.5 Å². The summed E-state index contributed by atoms with van der Waals surface area (Å²) in [7, 11) is 1.43. The predicted molar refractivity (Wildman–Crippen MR) is 162 cm³/mol. The first-order chi connectivity index (χ1) is 21.4. The number of aromatic hydroxyl groups is 1. The second-order valence-electron chi connectivity index (χ2n) is 11.7. The van der Waals surface area contributed by atoms with Gasteiger partial charge in [-0.25, -0.2) is 13.8 Å². The summed E-state index contributed by atoms with van der Waals surface area (Å²) in [4.78, 5) is 18.5. The van der Waals surface area contributed by atoms with E-state index < -0.39 is 11.6 Å². The molecule has 4 aromatic rings. The highest BCUT2D eigenvalue weighted by molar-refractivity contribution is 6.04. The van der Waals surface area contributed by atoms with Crippen molar-refractivity contribution in [2.45, 2.75) is 37.6 Å². The van der Waals surface area contributed by atoms with E-state index in [9.17, 15) is 9.50 Å². The van der Waals surface area contributed by atoms with Crippen LogP contribution >= 0.6 is 0 Å². The maximum Gasteiger partial charge on any atom is 0.319 e. The highest BCUT2D eigenvalue weighted by Gasteiger charge is 2.45. The second kappa shape index (κ2) is 11.3. The molecule has 2 aromatic carbocycles. The Labute approximate surface area is 253 Å². The van der Waals surface area contributed by atoms with Gasteiger partial charge in [0, 0.05) is 30.6 Å². The van der Waals surface area contributed by atoms with E-state index in [1.807, 2.05) is 4.90 Å². The van der Waals surface area contributed by atoms with Gasteiger partial charge in [-0.3, -0.25) is 4.90 Å². The number of nitrogens with zero attached hydrogens (tertiary/aromatic N) is 5. The molecule has 3 saturated heterocycles. The first kappa shape index (κ1) is 28.5. The topological polar surface area (TPSA) is 93.1 Å². The average Bonchev–Trinajstić information content (AvgIpc) is 3.49. The van der Waals surface area contributed by atoms with Crippen LogP contribution in [0.25, 0.3) is 32.9 Å². The number of pyridine rings is 1. The molecule has 0 spiro atoms. The van der Waals surface area contributed by atoms with Crippen molar-refractivity contribution >= 4 is 27.5 Å². The molecule has 1 N–H and O–H groups in total. The highest BCUT2D eigenvalue weighted by atomic mass is 19.1. The van der Waals surface area contributed by atoms with E-state index in [2.05, 4.69) is 20.8 Å². The van der Waals surface area contributed by atoms with Crippen molar-refractivity contribution in [2.75, 3.05) is 58.0 Å². The van der Waals surface area contributed by atoms with E-state index in [0.29, 0.717) is 44.1 Å². The van der Waals surface area contributed by atoms with Gasteiger partial charge in [0.05, 0.1) is 24.8 Å². The molecule has 7 rings (SSSR count). The fraction of sp³-hybridized carbons (Fsp3) is 0.424. The number of rotatable bonds is 6. The Kier molecular flexibility index (Phi) is 7.34. The number of fused-ring (bicyclic) bond motifs is 3. The molecule has 0 bridgehead atoms. The number of phenols is 1. The van der Waals surface area contributed by atoms with Crippen molar-refractivity contribution in [1.29, 1.82) is 0 Å². The van der Waals surface area contributed by atoms with Crippen LogP contribution in [0.3, 0.4) is 0 Å². The Morgan fingerprint density at radius 2 is 1.84 bits per heavy atom. The van der Waals surface area contributed by atoms with Crippen LogP contribution in [0.4, 0.5) is 14.6 Å². The fourth-order valence-corrected chi connectivity index (χ4v) is 7.09. The van der Waals surface area contributed by atoms with Gasteiger partial charge >= 0.3 is 6.01 Å². The molecule has 0 saturated carbocycles. The highest BCUT2D eigenvalue weighted by Crippen LogP contribution is 2.43. The van der Waals surface area contributed by atoms with E-state index in [1.54, 1.807) is 0 Å². The standard InChI is InChI=1S/C33H33F2N5O4/c1-3-22-24(34)8-7-20-17-21(41)18-23(25(20)22)28-27(35)29-26(31(36-28)42-2)30(39-11-6-15-43-16-14-39)38-32(37-29)44-19-33-9-4-12-40(33)13-5-10-33/h1,7-8,17-18,41H,4-6,9-16,19H2,2H3. The van der Waals surface area contributed by atoms with Crippen LogP contribution < -0.4 is 14.4 Å². The van der Waals surface area contributed by atoms with Gasteiger partial charge in [0.25, 0.3) is 0 Å². The summed E-state index contributed by atoms with van der Waals surface area (Å²) in [5.41, 5.74) is -0.262. The normalized spacial score (nSPS) is 18.4. The largest absolute Gasteiger partial charge is 0.508 e. The maximum atomic E-state index is 16.9. The summed E-state index contributed by atoms with van der Waals surface area (Å²) >= 11 is 0. The smallest absolute Gasteiger partial charge is 0.319 e. The fourth-order valence-electron chi connectivity index (χ4n) is 7.09. The lowest BCUT2D eigenvalue weighted by atomic mass is 9.95. The molecule has 2 aromatic heterocycles. The minimum Gasteiger partial charge on any atom is -0.508 e. The number of benzene rings is 2. The zero-order chi connectivity index (χ0) is 30.4. The van der Waals surface area contributed by atoms with Gasteiger partial charge in [-0.05, 0) is 68.8 Å². The van der Waals surface area contributed by atoms with Gasteiger partial charge in [-0.2, -0.15) is 9.97 Å². The molecule has 228 valence electrons. The third-order valence-electron chi connectivity index (χ3n) is 9.16. The summed E-state index contributed by atoms with van der Waals surface area (Å²) in [5, 5.41) is 11.5. The molecule has 5 heterocycles. The molecule has 0 unspecified atom stereocenters. The number of methoxy groups -OCH3 is 1. The van der Waals surface area contributed by atoms with Crippen LogP contribution in [-0.4, -0.2) is 83.6 Å². The minimum absolute atomic E-state index is 0.0556. The maximum absolute atomic E-state index is 16.9. The van der Waals surface area contributed by atoms with Crippen LogP contribution in [0.15, 0.2) is 24.3 Å². The molecule has 11 heteroatoms. The van der Waals surface area contributed by atoms with Crippen LogP contribution in [0.2, 0.25) is 0 Å². The Morgan fingerprint density at radius 1 is 1.02 bits per heavy atom. The minimum atomic E-state index is -0.791. The summed E-state index contributed by atoms with van der Waals surface area (Å²) in [6.07, 6.45) is 10.7. The summed E-state index contributed by atoms with van der Waals surface area (Å²) in [6, 6.07) is 5.51. The Hall–Kier alpha value is -4.27. The number of terminal acetylenes is 1. The Morgan fingerprint density at radius 3 is 2.61 bits per heavy atom. The van der Waals surface area contributed by atoms with E-state index in [0.717, 1.165) is 45.2 Å². The van der Waals surface area contributed by atoms with Crippen molar-refractivity contribution in [1.82, 2.24) is 19.9 Å². The van der Waals surface area contributed by atoms with Gasteiger partial charge < -0.3 is 24.2 Å². The van der Waals surface area contributed by atoms with E-state index in [1.165, 1.54) is 31.4 Å². The molecule has 3 aliphatic rings. The SMILES string of the molecule is C#Cc1c(F)ccc2cc(O)cc(-c3nc(OC)c4c(N5CCCOCC5)nc(OCC56CCCN5CCC6)nc4c3F)c12. The molecule has 0 amide bonds. The second-order valence-corrected chi connectivity index (χ2v) is 11.7. The zero-order valence-electron chi connectivity index (χ0n) is 24.5. The van der Waals surface area contributed by atoms with Crippen LogP contribution in [0.5, 0.6) is 17.6 Å². The zero-order valence-corrected chi connectivity index (χ0v) is 24.5. The van der Waals surface area contributed by atoms with Gasteiger partial charge in [0.15, 0.2) is 5.82 Å². The van der Waals surface area contributed by atoms with Gasteiger partial charge in [0.1, 0.15) is 40.6 Å². The van der Waals surface area contributed by atoms with Gasteiger partial charge in [-0.15, -0.1) is 6.42 Å². The first-order valence-corrected chi connectivity index (χ1v) is 15.0. The molecule has 0 aliphatic carbocycles. The van der Waals surface area contributed by atoms with Gasteiger partial charge in [-0.1, -0.05) is 12.0 Å². The van der Waals surface area contributed by atoms with Crippen molar-refractivity contribution in [3.8, 4) is 41.2 Å². The summed E-state index contributed by atoms with van der Waals surface area (Å²) in [6.45, 7) is 4.72. The van der Waals surface area contributed by atoms with Crippen molar-refractivity contribution in [3.63, 3.8) is 0 Å². The van der Waals surface area contributed by atoms with Crippen molar-refractivity contribution in [2.24, 2.45) is 0 Å². The monoisotopic (exact) mass is 601 g/mol. The average molecular weight is 602 g/mol. The molecule has 0 atom stereocenters. The number of ether oxygens (including phenoxy) is 3. The molecular formula is C33H33F2N5O4. The van der Waals surface area contributed by atoms with Gasteiger partial charge in [0.2, 0.25) is 5.88 Å². The van der Waals surface area contributed by atoms with E-state index >= 15 is 4.39 Å². The lowest BCUT2D eigenvalue weighted by Crippen LogP contribution is -2.43. The Bertz CT molecular complexity index is 1790. The summed E-state index contributed by atoms with van der Waals surface area (Å²) in [5.74, 6) is 1.30.